The van der Waals surface area contributed by atoms with E-state index in [1.807, 2.05) is 13.0 Å². The first kappa shape index (κ1) is 12.6. The lowest BCUT2D eigenvalue weighted by atomic mass is 10.1. The molecular formula is C11H17N3O2. The van der Waals surface area contributed by atoms with E-state index in [1.165, 1.54) is 6.07 Å². The maximum Gasteiger partial charge on any atom is 0.269 e. The van der Waals surface area contributed by atoms with E-state index in [4.69, 9.17) is 5.73 Å². The summed E-state index contributed by atoms with van der Waals surface area (Å²) in [5.41, 5.74) is 6.44. The number of benzene rings is 1. The number of nitrogens with zero attached hydrogens (tertiary/aromatic N) is 1. The number of nitrogens with two attached hydrogens (primary N) is 1. The zero-order valence-corrected chi connectivity index (χ0v) is 9.35. The molecule has 1 aromatic carbocycles. The predicted molar refractivity (Wildman–Crippen MR) is 63.2 cm³/mol. The van der Waals surface area contributed by atoms with Gasteiger partial charge in [0.1, 0.15) is 0 Å². The van der Waals surface area contributed by atoms with Gasteiger partial charge in [-0.1, -0.05) is 12.1 Å². The Bertz CT molecular complexity index is 355. The summed E-state index contributed by atoms with van der Waals surface area (Å²) in [6.45, 7) is 3.45. The summed E-state index contributed by atoms with van der Waals surface area (Å²) >= 11 is 0. The van der Waals surface area contributed by atoms with E-state index >= 15 is 0 Å². The van der Waals surface area contributed by atoms with E-state index in [0.29, 0.717) is 6.54 Å². The minimum atomic E-state index is -0.379. The van der Waals surface area contributed by atoms with Crippen LogP contribution >= 0.6 is 0 Å². The molecular weight excluding hydrogens is 206 g/mol. The summed E-state index contributed by atoms with van der Waals surface area (Å²) in [5.74, 6) is 0. The topological polar surface area (TPSA) is 81.2 Å². The number of non-ortho nitro benzene ring substituents is 1. The van der Waals surface area contributed by atoms with Gasteiger partial charge < -0.3 is 11.1 Å². The molecule has 1 rings (SSSR count). The van der Waals surface area contributed by atoms with Crippen molar-refractivity contribution in [3.05, 3.63) is 39.9 Å². The molecule has 0 bridgehead atoms. The summed E-state index contributed by atoms with van der Waals surface area (Å²) in [6.07, 6.45) is 0.902. The standard InChI is InChI=1S/C11H17N3O2/c1-9(13-7-3-6-12)10-4-2-5-11(8-10)14(15)16/h2,4-5,8-9,13H,3,6-7,12H2,1H3. The third kappa shape index (κ3) is 3.60. The van der Waals surface area contributed by atoms with Crippen LogP contribution < -0.4 is 11.1 Å². The summed E-state index contributed by atoms with van der Waals surface area (Å²) in [6, 6.07) is 6.78. The van der Waals surface area contributed by atoms with E-state index < -0.39 is 0 Å². The Hall–Kier alpha value is -1.46. The third-order valence-electron chi connectivity index (χ3n) is 2.41. The van der Waals surface area contributed by atoms with Crippen LogP contribution in [0.1, 0.15) is 24.9 Å². The van der Waals surface area contributed by atoms with Gasteiger partial charge in [-0.2, -0.15) is 0 Å². The smallest absolute Gasteiger partial charge is 0.269 e. The molecule has 0 aliphatic rings. The first-order valence-corrected chi connectivity index (χ1v) is 5.33. The number of hydrogen-bond donors (Lipinski definition) is 2. The second-order valence-corrected chi connectivity index (χ2v) is 3.67. The van der Waals surface area contributed by atoms with Crippen LogP contribution in [0.3, 0.4) is 0 Å². The molecule has 88 valence electrons. The van der Waals surface area contributed by atoms with Crippen molar-refractivity contribution in [1.29, 1.82) is 0 Å². The molecule has 0 amide bonds. The van der Waals surface area contributed by atoms with Gasteiger partial charge in [0.05, 0.1) is 4.92 Å². The van der Waals surface area contributed by atoms with E-state index in [9.17, 15) is 10.1 Å². The SMILES string of the molecule is CC(NCCCN)c1cccc([N+](=O)[O-])c1. The normalized spacial score (nSPS) is 12.4. The molecule has 0 aliphatic carbocycles. The van der Waals surface area contributed by atoms with Crippen molar-refractivity contribution in [2.24, 2.45) is 5.73 Å². The van der Waals surface area contributed by atoms with Crippen LogP contribution in [-0.2, 0) is 0 Å². The predicted octanol–water partition coefficient (Wildman–Crippen LogP) is 1.59. The van der Waals surface area contributed by atoms with Gasteiger partial charge in [-0.3, -0.25) is 10.1 Å². The van der Waals surface area contributed by atoms with E-state index in [1.54, 1.807) is 12.1 Å². The lowest BCUT2D eigenvalue weighted by Crippen LogP contribution is -2.21. The highest BCUT2D eigenvalue weighted by Gasteiger charge is 2.09. The number of hydrogen-bond acceptors (Lipinski definition) is 4. The van der Waals surface area contributed by atoms with Crippen LogP contribution in [0.15, 0.2) is 24.3 Å². The molecule has 5 nitrogen and oxygen atoms in total. The molecule has 16 heavy (non-hydrogen) atoms. The van der Waals surface area contributed by atoms with Crippen molar-refractivity contribution < 1.29 is 4.92 Å². The van der Waals surface area contributed by atoms with Crippen molar-refractivity contribution in [3.8, 4) is 0 Å². The average Bonchev–Trinajstić information content (AvgIpc) is 2.29. The third-order valence-corrected chi connectivity index (χ3v) is 2.41. The molecule has 0 fully saturated rings. The van der Waals surface area contributed by atoms with Gasteiger partial charge in [0, 0.05) is 18.2 Å². The molecule has 0 saturated heterocycles. The van der Waals surface area contributed by atoms with E-state index in [-0.39, 0.29) is 16.7 Å². The Kier molecular flexibility index (Phi) is 4.88. The number of nitro groups is 1. The molecule has 0 spiro atoms. The lowest BCUT2D eigenvalue weighted by Gasteiger charge is -2.13. The van der Waals surface area contributed by atoms with E-state index in [2.05, 4.69) is 5.32 Å². The fourth-order valence-corrected chi connectivity index (χ4v) is 1.45. The van der Waals surface area contributed by atoms with Gasteiger partial charge in [0.2, 0.25) is 0 Å². The second-order valence-electron chi connectivity index (χ2n) is 3.67. The molecule has 0 aliphatic heterocycles. The van der Waals surface area contributed by atoms with Crippen LogP contribution in [0, 0.1) is 10.1 Å². The molecule has 0 heterocycles. The zero-order valence-electron chi connectivity index (χ0n) is 9.35. The largest absolute Gasteiger partial charge is 0.330 e. The minimum absolute atomic E-state index is 0.103. The van der Waals surface area contributed by atoms with Crippen LogP contribution in [0.2, 0.25) is 0 Å². The summed E-state index contributed by atoms with van der Waals surface area (Å²) < 4.78 is 0. The number of nitrogens with one attached hydrogen (secondary N) is 1. The molecule has 0 aromatic heterocycles. The quantitative estimate of drug-likeness (QED) is 0.436. The monoisotopic (exact) mass is 223 g/mol. The van der Waals surface area contributed by atoms with E-state index in [0.717, 1.165) is 18.5 Å². The van der Waals surface area contributed by atoms with Gasteiger partial charge >= 0.3 is 0 Å². The Morgan fingerprint density at radius 3 is 2.94 bits per heavy atom. The van der Waals surface area contributed by atoms with Crippen molar-refractivity contribution >= 4 is 5.69 Å². The van der Waals surface area contributed by atoms with Crippen LogP contribution in [0.25, 0.3) is 0 Å². The second kappa shape index (κ2) is 6.19. The highest BCUT2D eigenvalue weighted by atomic mass is 16.6. The average molecular weight is 223 g/mol. The van der Waals surface area contributed by atoms with Gasteiger partial charge in [-0.25, -0.2) is 0 Å². The Balaban J connectivity index is 2.64. The molecule has 3 N–H and O–H groups in total. The molecule has 1 atom stereocenters. The maximum atomic E-state index is 10.6. The molecule has 0 saturated carbocycles. The highest BCUT2D eigenvalue weighted by molar-refractivity contribution is 5.35. The Morgan fingerprint density at radius 1 is 1.56 bits per heavy atom. The van der Waals surface area contributed by atoms with Crippen LogP contribution in [0.4, 0.5) is 5.69 Å². The van der Waals surface area contributed by atoms with Crippen LogP contribution in [0.5, 0.6) is 0 Å². The summed E-state index contributed by atoms with van der Waals surface area (Å²) in [7, 11) is 0. The van der Waals surface area contributed by atoms with Crippen molar-refractivity contribution in [2.45, 2.75) is 19.4 Å². The summed E-state index contributed by atoms with van der Waals surface area (Å²) in [5, 5.41) is 13.9. The fraction of sp³-hybridized carbons (Fsp3) is 0.455. The molecule has 5 heteroatoms. The molecule has 1 unspecified atom stereocenters. The molecule has 0 radical (unpaired) electrons. The minimum Gasteiger partial charge on any atom is -0.330 e. The van der Waals surface area contributed by atoms with Crippen LogP contribution in [-0.4, -0.2) is 18.0 Å². The van der Waals surface area contributed by atoms with Gasteiger partial charge in [-0.05, 0) is 32.0 Å². The van der Waals surface area contributed by atoms with Gasteiger partial charge in [-0.15, -0.1) is 0 Å². The fourth-order valence-electron chi connectivity index (χ4n) is 1.45. The summed E-state index contributed by atoms with van der Waals surface area (Å²) in [4.78, 5) is 10.2. The Labute approximate surface area is 94.8 Å². The Morgan fingerprint density at radius 2 is 2.31 bits per heavy atom. The zero-order chi connectivity index (χ0) is 12.0. The lowest BCUT2D eigenvalue weighted by molar-refractivity contribution is -0.384. The number of nitro benzene ring substituents is 1. The first-order valence-electron chi connectivity index (χ1n) is 5.33. The van der Waals surface area contributed by atoms with Crippen molar-refractivity contribution in [1.82, 2.24) is 5.32 Å². The van der Waals surface area contributed by atoms with Gasteiger partial charge in [0.25, 0.3) is 5.69 Å². The highest BCUT2D eigenvalue weighted by Crippen LogP contribution is 2.18. The maximum absolute atomic E-state index is 10.6. The van der Waals surface area contributed by atoms with Crippen molar-refractivity contribution in [3.63, 3.8) is 0 Å². The molecule has 1 aromatic rings. The van der Waals surface area contributed by atoms with Gasteiger partial charge in [0.15, 0.2) is 0 Å². The number of rotatable bonds is 6. The first-order chi connectivity index (χ1) is 7.65. The van der Waals surface area contributed by atoms with Crippen molar-refractivity contribution in [2.75, 3.05) is 13.1 Å².